The van der Waals surface area contributed by atoms with Crippen LogP contribution in [0.4, 0.5) is 0 Å². The van der Waals surface area contributed by atoms with Crippen LogP contribution in [0.5, 0.6) is 0 Å². The van der Waals surface area contributed by atoms with Gasteiger partial charge in [0.25, 0.3) is 0 Å². The SMILES string of the molecule is CC(C)(C)Cc1ccc2oc(-c3ccnc(-c4[c-]c5ccccc5c(C(C)(C)C)c4)c3)cc2c1.CCC(CC)C(=O)/C=C(\O)C(CC)CC.[Ir]. The molecule has 1 radical (unpaired) electrons. The number of allylic oxidation sites excluding steroid dienone is 2. The number of hydrogen-bond donors (Lipinski definition) is 1. The predicted molar refractivity (Wildman–Crippen MR) is 207 cm³/mol. The molecule has 0 saturated heterocycles. The van der Waals surface area contributed by atoms with Gasteiger partial charge in [-0.25, -0.2) is 0 Å². The fourth-order valence-electron chi connectivity index (χ4n) is 6.46. The average molecular weight is 851 g/mol. The number of aromatic nitrogens is 1. The van der Waals surface area contributed by atoms with Crippen LogP contribution in [0.2, 0.25) is 0 Å². The molecule has 50 heavy (non-hydrogen) atoms. The monoisotopic (exact) mass is 851 g/mol. The van der Waals surface area contributed by atoms with E-state index in [9.17, 15) is 9.90 Å². The molecule has 5 aromatic rings. The first kappa shape index (κ1) is 40.9. The summed E-state index contributed by atoms with van der Waals surface area (Å²) in [5.41, 5.74) is 6.77. The van der Waals surface area contributed by atoms with E-state index in [1.165, 1.54) is 22.6 Å². The third kappa shape index (κ3) is 10.5. The first-order chi connectivity index (χ1) is 23.2. The molecule has 269 valence electrons. The fraction of sp³-hybridized carbons (Fsp3) is 0.422. The van der Waals surface area contributed by atoms with E-state index in [1.807, 2.05) is 40.0 Å². The maximum absolute atomic E-state index is 11.7. The average Bonchev–Trinajstić information content (AvgIpc) is 3.48. The van der Waals surface area contributed by atoms with Gasteiger partial charge in [-0.15, -0.1) is 29.1 Å². The maximum atomic E-state index is 11.7. The number of furan rings is 1. The quantitative estimate of drug-likeness (QED) is 0.0864. The van der Waals surface area contributed by atoms with Crippen LogP contribution in [0, 0.1) is 23.3 Å². The molecule has 5 rings (SSSR count). The van der Waals surface area contributed by atoms with Crippen molar-refractivity contribution in [1.82, 2.24) is 4.98 Å². The number of fused-ring (bicyclic) bond motifs is 2. The molecule has 0 aliphatic heterocycles. The van der Waals surface area contributed by atoms with Crippen molar-refractivity contribution in [2.45, 2.75) is 107 Å². The van der Waals surface area contributed by atoms with Crippen molar-refractivity contribution >= 4 is 27.5 Å². The summed E-state index contributed by atoms with van der Waals surface area (Å²) in [4.78, 5) is 16.4. The Bertz CT molecular complexity index is 1900. The molecular formula is C45H56IrNO3-. The van der Waals surface area contributed by atoms with Crippen molar-refractivity contribution < 1.29 is 34.4 Å². The smallest absolute Gasteiger partial charge is 0.162 e. The summed E-state index contributed by atoms with van der Waals surface area (Å²) < 4.78 is 6.24. The molecular weight excluding hydrogens is 795 g/mol. The molecule has 3 aromatic carbocycles. The van der Waals surface area contributed by atoms with Crippen LogP contribution in [0.3, 0.4) is 0 Å². The molecule has 0 unspecified atom stereocenters. The number of carbonyl (C=O) groups excluding carboxylic acids is 1. The second-order valence-corrected chi connectivity index (χ2v) is 15.5. The van der Waals surface area contributed by atoms with E-state index in [0.717, 1.165) is 71.0 Å². The van der Waals surface area contributed by atoms with Crippen LogP contribution < -0.4 is 0 Å². The fourth-order valence-corrected chi connectivity index (χ4v) is 6.46. The van der Waals surface area contributed by atoms with Gasteiger partial charge in [-0.1, -0.05) is 111 Å². The Morgan fingerprint density at radius 3 is 2.14 bits per heavy atom. The number of hydrogen-bond acceptors (Lipinski definition) is 4. The van der Waals surface area contributed by atoms with Crippen LogP contribution in [0.25, 0.3) is 44.3 Å². The zero-order valence-electron chi connectivity index (χ0n) is 31.7. The Labute approximate surface area is 314 Å². The Kier molecular flexibility index (Phi) is 14.4. The summed E-state index contributed by atoms with van der Waals surface area (Å²) >= 11 is 0. The number of benzene rings is 3. The van der Waals surface area contributed by atoms with E-state index in [0.29, 0.717) is 0 Å². The third-order valence-electron chi connectivity index (χ3n) is 9.30. The molecule has 4 nitrogen and oxygen atoms in total. The van der Waals surface area contributed by atoms with Crippen LogP contribution in [0.1, 0.15) is 106 Å². The largest absolute Gasteiger partial charge is 0.512 e. The van der Waals surface area contributed by atoms with Gasteiger partial charge in [0.15, 0.2) is 5.78 Å². The first-order valence-electron chi connectivity index (χ1n) is 18.1. The van der Waals surface area contributed by atoms with Gasteiger partial charge in [-0.3, -0.25) is 9.78 Å². The van der Waals surface area contributed by atoms with Gasteiger partial charge in [0.2, 0.25) is 0 Å². The summed E-state index contributed by atoms with van der Waals surface area (Å²) in [7, 11) is 0. The molecule has 0 spiro atoms. The van der Waals surface area contributed by atoms with E-state index >= 15 is 0 Å². The second kappa shape index (κ2) is 17.6. The van der Waals surface area contributed by atoms with Crippen LogP contribution >= 0.6 is 0 Å². The summed E-state index contributed by atoms with van der Waals surface area (Å²) in [6.45, 7) is 21.6. The topological polar surface area (TPSA) is 63.3 Å². The Hall–Kier alpha value is -3.53. The van der Waals surface area contributed by atoms with Gasteiger partial charge in [0, 0.05) is 60.9 Å². The van der Waals surface area contributed by atoms with E-state index in [1.54, 1.807) is 0 Å². The minimum atomic E-state index is 0. The van der Waals surface area contributed by atoms with Crippen molar-refractivity contribution in [3.8, 4) is 22.6 Å². The zero-order chi connectivity index (χ0) is 35.9. The molecule has 2 heterocycles. The molecule has 0 aliphatic carbocycles. The van der Waals surface area contributed by atoms with Crippen molar-refractivity contribution in [2.24, 2.45) is 17.3 Å². The van der Waals surface area contributed by atoms with Gasteiger partial charge >= 0.3 is 0 Å². The maximum Gasteiger partial charge on any atom is 0.162 e. The number of pyridine rings is 1. The minimum Gasteiger partial charge on any atom is -0.512 e. The Morgan fingerprint density at radius 1 is 0.860 bits per heavy atom. The van der Waals surface area contributed by atoms with Gasteiger partial charge in [-0.2, -0.15) is 0 Å². The standard InChI is InChI=1S/C32H32NO.C13H24O2.Ir/c1-31(2,3)20-21-11-12-29-25(15-21)19-30(34-29)23-13-14-33-28(18-23)24-16-22-9-7-8-10-26(22)27(17-24)32(4,5)6;1-5-10(6-2)12(14)9-13(15)11(7-3)8-4;/h7-15,17-19H,20H2,1-6H3;9-11,14H,5-8H2,1-4H3;/q-1;;/b;12-9-;. The molecule has 0 aliphatic rings. The van der Waals surface area contributed by atoms with E-state index in [-0.39, 0.29) is 54.3 Å². The van der Waals surface area contributed by atoms with Crippen molar-refractivity contribution in [2.75, 3.05) is 0 Å². The Morgan fingerprint density at radius 2 is 1.52 bits per heavy atom. The normalized spacial score (nSPS) is 12.3. The number of aliphatic hydroxyl groups is 1. The van der Waals surface area contributed by atoms with Crippen LogP contribution in [-0.2, 0) is 36.7 Å². The van der Waals surface area contributed by atoms with Crippen molar-refractivity contribution in [3.63, 3.8) is 0 Å². The molecule has 0 fully saturated rings. The molecule has 1 N–H and O–H groups in total. The van der Waals surface area contributed by atoms with Crippen LogP contribution in [-0.4, -0.2) is 15.9 Å². The van der Waals surface area contributed by atoms with E-state index < -0.39 is 0 Å². The van der Waals surface area contributed by atoms with E-state index in [4.69, 9.17) is 9.40 Å². The number of rotatable bonds is 10. The number of carbonyl (C=O) groups is 1. The molecule has 0 atom stereocenters. The Balaban J connectivity index is 0.000000361. The molecule has 0 amide bonds. The molecule has 5 heteroatoms. The third-order valence-corrected chi connectivity index (χ3v) is 9.30. The van der Waals surface area contributed by atoms with Gasteiger partial charge in [-0.05, 0) is 72.8 Å². The minimum absolute atomic E-state index is 0. The predicted octanol–water partition coefficient (Wildman–Crippen LogP) is 12.9. The van der Waals surface area contributed by atoms with Gasteiger partial charge in [0.1, 0.15) is 11.3 Å². The van der Waals surface area contributed by atoms with E-state index in [2.05, 4.69) is 108 Å². The first-order valence-corrected chi connectivity index (χ1v) is 18.1. The van der Waals surface area contributed by atoms with Crippen LogP contribution in [0.15, 0.2) is 89.2 Å². The summed E-state index contributed by atoms with van der Waals surface area (Å²) in [5, 5.41) is 13.3. The van der Waals surface area contributed by atoms with Crippen molar-refractivity contribution in [3.05, 3.63) is 102 Å². The summed E-state index contributed by atoms with van der Waals surface area (Å²) in [6.07, 6.45) is 7.81. The van der Waals surface area contributed by atoms with Crippen molar-refractivity contribution in [1.29, 1.82) is 0 Å². The second-order valence-electron chi connectivity index (χ2n) is 15.5. The van der Waals surface area contributed by atoms with Gasteiger partial charge < -0.3 is 9.52 Å². The summed E-state index contributed by atoms with van der Waals surface area (Å²) in [6, 6.07) is 27.1. The number of ketones is 1. The van der Waals surface area contributed by atoms with Gasteiger partial charge in [0.05, 0.1) is 5.76 Å². The molecule has 0 saturated carbocycles. The number of nitrogens with zero attached hydrogens (tertiary/aromatic N) is 1. The zero-order valence-corrected chi connectivity index (χ0v) is 34.1. The number of aliphatic hydroxyl groups excluding tert-OH is 1. The molecule has 0 bridgehead atoms. The summed E-state index contributed by atoms with van der Waals surface area (Å²) in [5.74, 6) is 1.41. The molecule has 2 aromatic heterocycles.